The second-order valence-corrected chi connectivity index (χ2v) is 7.64. The van der Waals surface area contributed by atoms with Gasteiger partial charge in [0.05, 0.1) is 16.6 Å². The second-order valence-electron chi connectivity index (χ2n) is 6.39. The molecule has 1 amide bonds. The predicted molar refractivity (Wildman–Crippen MR) is 105 cm³/mol. The molecule has 152 valence electrons. The van der Waals surface area contributed by atoms with E-state index < -0.39 is 11.7 Å². The third-order valence-corrected chi connectivity index (χ3v) is 5.27. The summed E-state index contributed by atoms with van der Waals surface area (Å²) in [6.07, 6.45) is -4.47. The van der Waals surface area contributed by atoms with E-state index >= 15 is 0 Å². The maximum atomic E-state index is 13.0. The Morgan fingerprint density at radius 3 is 2.45 bits per heavy atom. The third kappa shape index (κ3) is 4.70. The maximum Gasteiger partial charge on any atom is 0.416 e. The van der Waals surface area contributed by atoms with Crippen molar-refractivity contribution >= 4 is 28.6 Å². The van der Waals surface area contributed by atoms with E-state index in [0.29, 0.717) is 27.3 Å². The topological polar surface area (TPSA) is 42.0 Å². The van der Waals surface area contributed by atoms with Crippen LogP contribution in [-0.2, 0) is 12.7 Å². The number of halogens is 4. The molecule has 0 bridgehead atoms. The van der Waals surface area contributed by atoms with Gasteiger partial charge in [-0.15, -0.1) is 11.8 Å². The molecule has 0 fully saturated rings. The average Bonchev–Trinajstić information content (AvgIpc) is 2.66. The van der Waals surface area contributed by atoms with Crippen molar-refractivity contribution in [2.24, 2.45) is 0 Å². The lowest BCUT2D eigenvalue weighted by Crippen LogP contribution is -2.25. The molecule has 0 atom stereocenters. The standard InChI is InChI=1S/C21H18F4N2OS/c1-3-29-20-18(19(28)26-11-13-4-7-15(22)8-5-13)12(2)16-9-6-14(21(23,24)25)10-17(16)27-20/h4-10H,3,11H2,1-2H3,(H,26,28). The number of fused-ring (bicyclic) bond motifs is 1. The number of benzene rings is 2. The Labute approximate surface area is 169 Å². The fraction of sp³-hybridized carbons (Fsp3) is 0.238. The molecule has 0 saturated carbocycles. The number of alkyl halides is 3. The van der Waals surface area contributed by atoms with Crippen molar-refractivity contribution in [3.8, 4) is 0 Å². The van der Waals surface area contributed by atoms with Crippen molar-refractivity contribution in [1.82, 2.24) is 10.3 Å². The molecule has 0 radical (unpaired) electrons. The molecule has 2 aromatic carbocycles. The summed E-state index contributed by atoms with van der Waals surface area (Å²) >= 11 is 1.29. The summed E-state index contributed by atoms with van der Waals surface area (Å²) in [4.78, 5) is 17.2. The second kappa shape index (κ2) is 8.41. The van der Waals surface area contributed by atoms with Crippen molar-refractivity contribution in [3.63, 3.8) is 0 Å². The van der Waals surface area contributed by atoms with Gasteiger partial charge in [-0.3, -0.25) is 4.79 Å². The number of rotatable bonds is 5. The summed E-state index contributed by atoms with van der Waals surface area (Å²) in [5.41, 5.74) is 1.05. The first-order valence-corrected chi connectivity index (χ1v) is 9.86. The van der Waals surface area contributed by atoms with Crippen LogP contribution in [-0.4, -0.2) is 16.6 Å². The number of hydrogen-bond donors (Lipinski definition) is 1. The van der Waals surface area contributed by atoms with Gasteiger partial charge in [-0.2, -0.15) is 13.2 Å². The highest BCUT2D eigenvalue weighted by Gasteiger charge is 2.31. The van der Waals surface area contributed by atoms with E-state index in [2.05, 4.69) is 10.3 Å². The lowest BCUT2D eigenvalue weighted by atomic mass is 10.0. The number of nitrogens with zero attached hydrogens (tertiary/aromatic N) is 1. The van der Waals surface area contributed by atoms with Gasteiger partial charge in [-0.05, 0) is 48.1 Å². The van der Waals surface area contributed by atoms with Gasteiger partial charge in [0.1, 0.15) is 10.8 Å². The van der Waals surface area contributed by atoms with Crippen molar-refractivity contribution in [2.75, 3.05) is 5.75 Å². The quantitative estimate of drug-likeness (QED) is 0.421. The Morgan fingerprint density at radius 1 is 1.14 bits per heavy atom. The Morgan fingerprint density at radius 2 is 1.83 bits per heavy atom. The minimum Gasteiger partial charge on any atom is -0.348 e. The van der Waals surface area contributed by atoms with Crippen LogP contribution in [0.4, 0.5) is 17.6 Å². The Bertz CT molecular complexity index is 1050. The molecule has 3 nitrogen and oxygen atoms in total. The summed E-state index contributed by atoms with van der Waals surface area (Å²) in [5, 5.41) is 3.65. The molecule has 0 aliphatic carbocycles. The number of carbonyl (C=O) groups excluding carboxylic acids is 1. The van der Waals surface area contributed by atoms with Gasteiger partial charge in [0.15, 0.2) is 0 Å². The van der Waals surface area contributed by atoms with Crippen molar-refractivity contribution in [2.45, 2.75) is 31.6 Å². The van der Waals surface area contributed by atoms with Crippen LogP contribution in [0.15, 0.2) is 47.5 Å². The van der Waals surface area contributed by atoms with Crippen molar-refractivity contribution in [3.05, 3.63) is 70.5 Å². The summed E-state index contributed by atoms with van der Waals surface area (Å²) in [6.45, 7) is 3.77. The molecule has 0 spiro atoms. The average molecular weight is 422 g/mol. The number of nitrogens with one attached hydrogen (secondary N) is 1. The van der Waals surface area contributed by atoms with E-state index in [1.807, 2.05) is 6.92 Å². The van der Waals surface area contributed by atoms with Crippen LogP contribution in [0, 0.1) is 12.7 Å². The Kier molecular flexibility index (Phi) is 6.12. The van der Waals surface area contributed by atoms with Gasteiger partial charge in [0, 0.05) is 11.9 Å². The van der Waals surface area contributed by atoms with Crippen LogP contribution < -0.4 is 5.32 Å². The minimum atomic E-state index is -4.47. The van der Waals surface area contributed by atoms with Gasteiger partial charge in [0.2, 0.25) is 0 Å². The van der Waals surface area contributed by atoms with E-state index in [1.54, 1.807) is 19.1 Å². The largest absolute Gasteiger partial charge is 0.416 e. The lowest BCUT2D eigenvalue weighted by molar-refractivity contribution is -0.137. The molecule has 29 heavy (non-hydrogen) atoms. The molecular weight excluding hydrogens is 404 g/mol. The third-order valence-electron chi connectivity index (χ3n) is 4.41. The van der Waals surface area contributed by atoms with E-state index in [4.69, 9.17) is 0 Å². The van der Waals surface area contributed by atoms with Gasteiger partial charge in [-0.1, -0.05) is 25.1 Å². The summed E-state index contributed by atoms with van der Waals surface area (Å²) in [7, 11) is 0. The van der Waals surface area contributed by atoms with E-state index in [9.17, 15) is 22.4 Å². The van der Waals surface area contributed by atoms with Gasteiger partial charge in [0.25, 0.3) is 5.91 Å². The van der Waals surface area contributed by atoms with E-state index in [1.165, 1.54) is 30.0 Å². The van der Waals surface area contributed by atoms with Crippen LogP contribution in [0.3, 0.4) is 0 Å². The number of aromatic nitrogens is 1. The molecule has 1 heterocycles. The summed E-state index contributed by atoms with van der Waals surface area (Å²) in [5.74, 6) is -0.138. The SMILES string of the molecule is CCSc1nc2cc(C(F)(F)F)ccc2c(C)c1C(=O)NCc1ccc(F)cc1. The normalized spacial score (nSPS) is 11.7. The zero-order valence-electron chi connectivity index (χ0n) is 15.7. The molecule has 0 unspecified atom stereocenters. The molecule has 8 heteroatoms. The smallest absolute Gasteiger partial charge is 0.348 e. The monoisotopic (exact) mass is 422 g/mol. The fourth-order valence-electron chi connectivity index (χ4n) is 2.96. The van der Waals surface area contributed by atoms with Crippen LogP contribution in [0.1, 0.15) is 34.0 Å². The molecule has 1 aromatic heterocycles. The first-order chi connectivity index (χ1) is 13.7. The van der Waals surface area contributed by atoms with Crippen molar-refractivity contribution in [1.29, 1.82) is 0 Å². The summed E-state index contributed by atoms with van der Waals surface area (Å²) < 4.78 is 52.1. The lowest BCUT2D eigenvalue weighted by Gasteiger charge is -2.15. The highest BCUT2D eigenvalue weighted by molar-refractivity contribution is 7.99. The number of aryl methyl sites for hydroxylation is 1. The molecular formula is C21H18F4N2OS. The number of carbonyl (C=O) groups is 1. The van der Waals surface area contributed by atoms with Crippen LogP contribution in [0.25, 0.3) is 10.9 Å². The van der Waals surface area contributed by atoms with Crippen molar-refractivity contribution < 1.29 is 22.4 Å². The molecule has 3 rings (SSSR count). The molecule has 0 aliphatic heterocycles. The van der Waals surface area contributed by atoms with Crippen LogP contribution >= 0.6 is 11.8 Å². The number of hydrogen-bond acceptors (Lipinski definition) is 3. The summed E-state index contributed by atoms with van der Waals surface area (Å²) in [6, 6.07) is 9.09. The molecule has 1 N–H and O–H groups in total. The number of pyridine rings is 1. The Balaban J connectivity index is 1.98. The molecule has 0 saturated heterocycles. The molecule has 0 aliphatic rings. The number of thioether (sulfide) groups is 1. The zero-order chi connectivity index (χ0) is 21.2. The first kappa shape index (κ1) is 21.1. The van der Waals surface area contributed by atoms with Gasteiger partial charge >= 0.3 is 6.18 Å². The predicted octanol–water partition coefficient (Wildman–Crippen LogP) is 5.74. The zero-order valence-corrected chi connectivity index (χ0v) is 16.5. The number of amides is 1. The van der Waals surface area contributed by atoms with E-state index in [-0.39, 0.29) is 23.8 Å². The van der Waals surface area contributed by atoms with Gasteiger partial charge < -0.3 is 5.32 Å². The van der Waals surface area contributed by atoms with Crippen LogP contribution in [0.2, 0.25) is 0 Å². The minimum absolute atomic E-state index is 0.194. The van der Waals surface area contributed by atoms with E-state index in [0.717, 1.165) is 17.7 Å². The highest BCUT2D eigenvalue weighted by Crippen LogP contribution is 2.34. The fourth-order valence-corrected chi connectivity index (χ4v) is 3.79. The highest BCUT2D eigenvalue weighted by atomic mass is 32.2. The van der Waals surface area contributed by atoms with Crippen LogP contribution in [0.5, 0.6) is 0 Å². The van der Waals surface area contributed by atoms with Gasteiger partial charge in [-0.25, -0.2) is 9.37 Å². The Hall–Kier alpha value is -2.61. The molecule has 3 aromatic rings. The first-order valence-electron chi connectivity index (χ1n) is 8.87. The maximum absolute atomic E-state index is 13.0.